The molecule has 0 aliphatic heterocycles. The molecule has 1 saturated carbocycles. The van der Waals surface area contributed by atoms with Gasteiger partial charge in [-0.3, -0.25) is 4.68 Å². The average molecular weight is 286 g/mol. The van der Waals surface area contributed by atoms with E-state index in [1.807, 2.05) is 14.0 Å². The molecule has 0 saturated heterocycles. The summed E-state index contributed by atoms with van der Waals surface area (Å²) in [5, 5.41) is 7.11. The minimum Gasteiger partial charge on any atom is -0.318 e. The van der Waals surface area contributed by atoms with E-state index in [-0.39, 0.29) is 0 Å². The van der Waals surface area contributed by atoms with Gasteiger partial charge in [-0.25, -0.2) is 8.42 Å². The lowest BCUT2D eigenvalue weighted by Gasteiger charge is -2.19. The Morgan fingerprint density at radius 3 is 2.84 bits per heavy atom. The van der Waals surface area contributed by atoms with Gasteiger partial charge in [-0.05, 0) is 25.8 Å². The largest absolute Gasteiger partial charge is 0.318 e. The molecule has 1 aliphatic carbocycles. The molecule has 0 bridgehead atoms. The smallest absolute Gasteiger partial charge is 0.246 e. The molecule has 1 aromatic heterocycles. The van der Waals surface area contributed by atoms with Crippen LogP contribution in [0.4, 0.5) is 0 Å². The SMILES string of the molecule is CCN(CC1CC1)S(=O)(=O)c1cnn(CCNC)c1. The fraction of sp³-hybridized carbons (Fsp3) is 0.750. The molecular formula is C12H22N4O2S. The highest BCUT2D eigenvalue weighted by Crippen LogP contribution is 2.31. The van der Waals surface area contributed by atoms with Crippen molar-refractivity contribution in [3.05, 3.63) is 12.4 Å². The van der Waals surface area contributed by atoms with Gasteiger partial charge in [0.15, 0.2) is 0 Å². The van der Waals surface area contributed by atoms with Crippen molar-refractivity contribution in [2.75, 3.05) is 26.7 Å². The summed E-state index contributed by atoms with van der Waals surface area (Å²) in [6.45, 7) is 4.47. The second kappa shape index (κ2) is 6.02. The number of nitrogens with zero attached hydrogens (tertiary/aromatic N) is 3. The van der Waals surface area contributed by atoms with Gasteiger partial charge < -0.3 is 5.32 Å². The van der Waals surface area contributed by atoms with Gasteiger partial charge in [-0.1, -0.05) is 6.92 Å². The molecule has 0 unspecified atom stereocenters. The van der Waals surface area contributed by atoms with Gasteiger partial charge in [0.25, 0.3) is 0 Å². The molecule has 0 aromatic carbocycles. The minimum atomic E-state index is -3.38. The first-order chi connectivity index (χ1) is 9.07. The molecule has 2 rings (SSSR count). The van der Waals surface area contributed by atoms with Gasteiger partial charge in [-0.2, -0.15) is 9.40 Å². The highest BCUT2D eigenvalue weighted by molar-refractivity contribution is 7.89. The van der Waals surface area contributed by atoms with E-state index in [1.165, 1.54) is 6.20 Å². The first kappa shape index (κ1) is 14.5. The normalized spacial score (nSPS) is 16.2. The fourth-order valence-electron chi connectivity index (χ4n) is 1.96. The molecule has 0 spiro atoms. The van der Waals surface area contributed by atoms with Gasteiger partial charge in [0.05, 0.1) is 12.7 Å². The molecule has 1 aliphatic rings. The monoisotopic (exact) mass is 286 g/mol. The van der Waals surface area contributed by atoms with Crippen LogP contribution in [0, 0.1) is 5.92 Å². The Hall–Kier alpha value is -0.920. The van der Waals surface area contributed by atoms with Crippen LogP contribution in [0.15, 0.2) is 17.3 Å². The molecule has 1 N–H and O–H groups in total. The lowest BCUT2D eigenvalue weighted by atomic mass is 10.4. The first-order valence-electron chi connectivity index (χ1n) is 6.75. The van der Waals surface area contributed by atoms with Gasteiger partial charge >= 0.3 is 0 Å². The zero-order valence-electron chi connectivity index (χ0n) is 11.5. The van der Waals surface area contributed by atoms with Crippen LogP contribution < -0.4 is 5.32 Å². The van der Waals surface area contributed by atoms with Crippen molar-refractivity contribution in [2.45, 2.75) is 31.2 Å². The molecule has 19 heavy (non-hydrogen) atoms. The van der Waals surface area contributed by atoms with Crippen molar-refractivity contribution in [3.63, 3.8) is 0 Å². The number of nitrogens with one attached hydrogen (secondary N) is 1. The molecule has 0 amide bonds. The molecule has 1 aromatic rings. The quantitative estimate of drug-likeness (QED) is 0.757. The minimum absolute atomic E-state index is 0.297. The van der Waals surface area contributed by atoms with Crippen LogP contribution in [0.1, 0.15) is 19.8 Å². The van der Waals surface area contributed by atoms with Crippen LogP contribution in [0.2, 0.25) is 0 Å². The van der Waals surface area contributed by atoms with Crippen molar-refractivity contribution >= 4 is 10.0 Å². The number of hydrogen-bond donors (Lipinski definition) is 1. The summed E-state index contributed by atoms with van der Waals surface area (Å²) in [7, 11) is -1.52. The Morgan fingerprint density at radius 1 is 1.53 bits per heavy atom. The van der Waals surface area contributed by atoms with Crippen molar-refractivity contribution in [1.82, 2.24) is 19.4 Å². The zero-order valence-corrected chi connectivity index (χ0v) is 12.4. The molecular weight excluding hydrogens is 264 g/mol. The fourth-order valence-corrected chi connectivity index (χ4v) is 3.44. The maximum absolute atomic E-state index is 12.5. The van der Waals surface area contributed by atoms with Crippen LogP contribution >= 0.6 is 0 Å². The summed E-state index contributed by atoms with van der Waals surface area (Å²) in [6.07, 6.45) is 5.35. The molecule has 7 heteroatoms. The van der Waals surface area contributed by atoms with Gasteiger partial charge in [0.1, 0.15) is 4.90 Å². The predicted molar refractivity (Wildman–Crippen MR) is 73.3 cm³/mol. The second-order valence-corrected chi connectivity index (χ2v) is 6.88. The van der Waals surface area contributed by atoms with E-state index >= 15 is 0 Å². The van der Waals surface area contributed by atoms with Gasteiger partial charge in [0, 0.05) is 25.8 Å². The molecule has 0 radical (unpaired) electrons. The lowest BCUT2D eigenvalue weighted by molar-refractivity contribution is 0.412. The Bertz CT molecular complexity index is 508. The molecule has 1 fully saturated rings. The van der Waals surface area contributed by atoms with E-state index in [9.17, 15) is 8.42 Å². The van der Waals surface area contributed by atoms with E-state index in [4.69, 9.17) is 0 Å². The van der Waals surface area contributed by atoms with E-state index in [1.54, 1.807) is 15.2 Å². The topological polar surface area (TPSA) is 67.2 Å². The number of rotatable bonds is 8. The average Bonchev–Trinajstić information content (AvgIpc) is 3.08. The van der Waals surface area contributed by atoms with E-state index in [0.717, 1.165) is 19.4 Å². The third-order valence-electron chi connectivity index (χ3n) is 3.35. The predicted octanol–water partition coefficient (Wildman–Crippen LogP) is 0.523. The third-order valence-corrected chi connectivity index (χ3v) is 5.24. The summed E-state index contributed by atoms with van der Waals surface area (Å²) >= 11 is 0. The number of aromatic nitrogens is 2. The third kappa shape index (κ3) is 3.55. The Kier molecular flexibility index (Phi) is 4.59. The van der Waals surface area contributed by atoms with Crippen LogP contribution in [0.5, 0.6) is 0 Å². The Balaban J connectivity index is 2.10. The van der Waals surface area contributed by atoms with Crippen molar-refractivity contribution in [1.29, 1.82) is 0 Å². The van der Waals surface area contributed by atoms with E-state index in [0.29, 0.717) is 30.4 Å². The van der Waals surface area contributed by atoms with Crippen molar-refractivity contribution in [3.8, 4) is 0 Å². The summed E-state index contributed by atoms with van der Waals surface area (Å²) in [6, 6.07) is 0. The molecule has 6 nitrogen and oxygen atoms in total. The molecule has 0 atom stereocenters. The number of likely N-dealkylation sites (N-methyl/N-ethyl adjacent to an activating group) is 1. The standard InChI is InChI=1S/C12H22N4O2S/c1-3-16(9-11-4-5-11)19(17,18)12-8-14-15(10-12)7-6-13-2/h8,10-11,13H,3-7,9H2,1-2H3. The van der Waals surface area contributed by atoms with Gasteiger partial charge in [0.2, 0.25) is 10.0 Å². The summed E-state index contributed by atoms with van der Waals surface area (Å²) < 4.78 is 28.2. The molecule has 108 valence electrons. The van der Waals surface area contributed by atoms with Crippen LogP contribution in [0.3, 0.4) is 0 Å². The first-order valence-corrected chi connectivity index (χ1v) is 8.19. The zero-order chi connectivity index (χ0) is 13.9. The lowest BCUT2D eigenvalue weighted by Crippen LogP contribution is -2.32. The van der Waals surface area contributed by atoms with Crippen LogP contribution in [-0.4, -0.2) is 49.2 Å². The summed E-state index contributed by atoms with van der Waals surface area (Å²) in [5.41, 5.74) is 0. The van der Waals surface area contributed by atoms with Crippen LogP contribution in [0.25, 0.3) is 0 Å². The molecule has 1 heterocycles. The van der Waals surface area contributed by atoms with Crippen LogP contribution in [-0.2, 0) is 16.6 Å². The van der Waals surface area contributed by atoms with E-state index in [2.05, 4.69) is 10.4 Å². The summed E-state index contributed by atoms with van der Waals surface area (Å²) in [5.74, 6) is 0.550. The Morgan fingerprint density at radius 2 is 2.26 bits per heavy atom. The maximum atomic E-state index is 12.5. The highest BCUT2D eigenvalue weighted by atomic mass is 32.2. The van der Waals surface area contributed by atoms with Crippen molar-refractivity contribution in [2.24, 2.45) is 5.92 Å². The Labute approximate surface area is 114 Å². The van der Waals surface area contributed by atoms with Crippen molar-refractivity contribution < 1.29 is 8.42 Å². The second-order valence-electron chi connectivity index (χ2n) is 4.94. The van der Waals surface area contributed by atoms with Gasteiger partial charge in [-0.15, -0.1) is 0 Å². The number of sulfonamides is 1. The summed E-state index contributed by atoms with van der Waals surface area (Å²) in [4.78, 5) is 0.297. The highest BCUT2D eigenvalue weighted by Gasteiger charge is 2.31. The maximum Gasteiger partial charge on any atom is 0.246 e. The van der Waals surface area contributed by atoms with E-state index < -0.39 is 10.0 Å². The number of hydrogen-bond acceptors (Lipinski definition) is 4.